The van der Waals surface area contributed by atoms with Gasteiger partial charge in [-0.2, -0.15) is 0 Å². The Kier molecular flexibility index (Phi) is 3.71. The highest BCUT2D eigenvalue weighted by Crippen LogP contribution is 2.38. The monoisotopic (exact) mass is 259 g/mol. The molecule has 86 valence electrons. The van der Waals surface area contributed by atoms with Gasteiger partial charge in [-0.3, -0.25) is 4.79 Å². The van der Waals surface area contributed by atoms with Crippen molar-refractivity contribution >= 4 is 29.3 Å². The van der Waals surface area contributed by atoms with Gasteiger partial charge in [-0.15, -0.1) is 23.4 Å². The second-order valence-corrected chi connectivity index (χ2v) is 4.92. The number of alkyl halides is 1. The molecule has 1 amide bonds. The lowest BCUT2D eigenvalue weighted by Gasteiger charge is -2.23. The minimum atomic E-state index is -0.269. The lowest BCUT2D eigenvalue weighted by atomic mass is 10.2. The van der Waals surface area contributed by atoms with Gasteiger partial charge in [0, 0.05) is 17.9 Å². The van der Waals surface area contributed by atoms with Crippen LogP contribution in [0.3, 0.4) is 0 Å². The van der Waals surface area contributed by atoms with Gasteiger partial charge in [0.15, 0.2) is 0 Å². The average molecular weight is 260 g/mol. The lowest BCUT2D eigenvalue weighted by molar-refractivity contribution is -0.128. The minimum absolute atomic E-state index is 0.0501. The summed E-state index contributed by atoms with van der Waals surface area (Å²) < 4.78 is 13.6. The van der Waals surface area contributed by atoms with Crippen LogP contribution in [0.25, 0.3) is 0 Å². The van der Waals surface area contributed by atoms with Crippen LogP contribution in [0.1, 0.15) is 10.9 Å². The molecule has 1 saturated heterocycles. The standard InChI is InChI=1S/C11H11ClFNOS/c12-7-10(15)14-5-6-16-11(14)8-3-1-2-4-9(8)13/h1-4,11H,5-7H2. The average Bonchev–Trinajstić information content (AvgIpc) is 2.77. The molecule has 2 rings (SSSR count). The Bertz CT molecular complexity index is 401. The third-order valence-corrected chi connectivity index (χ3v) is 3.97. The van der Waals surface area contributed by atoms with Crippen molar-refractivity contribution in [2.24, 2.45) is 0 Å². The van der Waals surface area contributed by atoms with Gasteiger partial charge in [-0.25, -0.2) is 4.39 Å². The predicted octanol–water partition coefficient (Wildman–Crippen LogP) is 2.64. The summed E-state index contributed by atoms with van der Waals surface area (Å²) in [6.07, 6.45) is 0. The van der Waals surface area contributed by atoms with E-state index in [1.165, 1.54) is 6.07 Å². The van der Waals surface area contributed by atoms with Crippen molar-refractivity contribution in [3.63, 3.8) is 0 Å². The summed E-state index contributed by atoms with van der Waals surface area (Å²) in [6, 6.07) is 6.55. The number of thioether (sulfide) groups is 1. The topological polar surface area (TPSA) is 20.3 Å². The van der Waals surface area contributed by atoms with Crippen LogP contribution in [0.4, 0.5) is 4.39 Å². The van der Waals surface area contributed by atoms with E-state index in [0.717, 1.165) is 5.75 Å². The van der Waals surface area contributed by atoms with Crippen LogP contribution >= 0.6 is 23.4 Å². The van der Waals surface area contributed by atoms with Crippen LogP contribution in [0.2, 0.25) is 0 Å². The summed E-state index contributed by atoms with van der Waals surface area (Å²) in [5, 5.41) is -0.229. The Labute approximate surface area is 103 Å². The fourth-order valence-corrected chi connectivity index (χ4v) is 3.19. The van der Waals surface area contributed by atoms with E-state index in [2.05, 4.69) is 0 Å². The maximum atomic E-state index is 13.6. The number of amides is 1. The summed E-state index contributed by atoms with van der Waals surface area (Å²) in [7, 11) is 0. The van der Waals surface area contributed by atoms with Crippen molar-refractivity contribution in [2.75, 3.05) is 18.2 Å². The van der Waals surface area contributed by atoms with E-state index < -0.39 is 0 Å². The van der Waals surface area contributed by atoms with E-state index in [0.29, 0.717) is 12.1 Å². The normalized spacial score (nSPS) is 20.1. The third-order valence-electron chi connectivity index (χ3n) is 2.50. The van der Waals surface area contributed by atoms with Gasteiger partial charge in [-0.1, -0.05) is 18.2 Å². The molecule has 0 spiro atoms. The van der Waals surface area contributed by atoms with Gasteiger partial charge in [0.25, 0.3) is 0 Å². The molecule has 1 aliphatic heterocycles. The van der Waals surface area contributed by atoms with Gasteiger partial charge in [-0.05, 0) is 6.07 Å². The first-order chi connectivity index (χ1) is 7.74. The smallest absolute Gasteiger partial charge is 0.238 e. The maximum absolute atomic E-state index is 13.6. The SMILES string of the molecule is O=C(CCl)N1CCSC1c1ccccc1F. The van der Waals surface area contributed by atoms with Crippen molar-refractivity contribution in [3.8, 4) is 0 Å². The predicted molar refractivity (Wildman–Crippen MR) is 64.0 cm³/mol. The van der Waals surface area contributed by atoms with E-state index in [4.69, 9.17) is 11.6 Å². The molecule has 1 unspecified atom stereocenters. The molecule has 0 N–H and O–H groups in total. The van der Waals surface area contributed by atoms with Crippen molar-refractivity contribution in [2.45, 2.75) is 5.37 Å². The molecule has 5 heteroatoms. The number of carbonyl (C=O) groups excluding carboxylic acids is 1. The van der Waals surface area contributed by atoms with Crippen LogP contribution in [-0.4, -0.2) is 29.0 Å². The largest absolute Gasteiger partial charge is 0.325 e. The quantitative estimate of drug-likeness (QED) is 0.761. The Morgan fingerprint density at radius 3 is 3.00 bits per heavy atom. The molecule has 0 saturated carbocycles. The number of benzene rings is 1. The fraction of sp³-hybridized carbons (Fsp3) is 0.364. The van der Waals surface area contributed by atoms with E-state index in [1.807, 2.05) is 0 Å². The van der Waals surface area contributed by atoms with E-state index >= 15 is 0 Å². The molecule has 2 nitrogen and oxygen atoms in total. The Morgan fingerprint density at radius 1 is 1.56 bits per heavy atom. The molecule has 0 aliphatic carbocycles. The minimum Gasteiger partial charge on any atom is -0.325 e. The van der Waals surface area contributed by atoms with E-state index in [9.17, 15) is 9.18 Å². The molecule has 1 aromatic rings. The summed E-state index contributed by atoms with van der Waals surface area (Å²) in [5.74, 6) is 0.363. The van der Waals surface area contributed by atoms with Crippen LogP contribution in [-0.2, 0) is 4.79 Å². The zero-order valence-electron chi connectivity index (χ0n) is 8.53. The highest BCUT2D eigenvalue weighted by atomic mass is 35.5. The zero-order valence-corrected chi connectivity index (χ0v) is 10.1. The Hall–Kier alpha value is -0.740. The molecule has 0 bridgehead atoms. The molecule has 0 aromatic heterocycles. The van der Waals surface area contributed by atoms with Crippen LogP contribution in [0, 0.1) is 5.82 Å². The second-order valence-electron chi connectivity index (χ2n) is 3.47. The first kappa shape index (κ1) is 11.7. The van der Waals surface area contributed by atoms with Crippen LogP contribution in [0.5, 0.6) is 0 Å². The lowest BCUT2D eigenvalue weighted by Crippen LogP contribution is -2.31. The molecule has 1 fully saturated rings. The molecule has 1 aromatic carbocycles. The molecular formula is C11H11ClFNOS. The van der Waals surface area contributed by atoms with E-state index in [-0.39, 0.29) is 23.0 Å². The molecular weight excluding hydrogens is 249 g/mol. The van der Waals surface area contributed by atoms with Crippen molar-refractivity contribution < 1.29 is 9.18 Å². The number of carbonyl (C=O) groups is 1. The van der Waals surface area contributed by atoms with Gasteiger partial charge in [0.05, 0.1) is 0 Å². The van der Waals surface area contributed by atoms with Crippen molar-refractivity contribution in [3.05, 3.63) is 35.6 Å². The summed E-state index contributed by atoms with van der Waals surface area (Å²) in [5.41, 5.74) is 0.559. The maximum Gasteiger partial charge on any atom is 0.238 e. The first-order valence-electron chi connectivity index (χ1n) is 4.95. The van der Waals surface area contributed by atoms with Crippen LogP contribution in [0.15, 0.2) is 24.3 Å². The third kappa shape index (κ3) is 2.18. The fourth-order valence-electron chi connectivity index (χ4n) is 1.74. The molecule has 0 radical (unpaired) electrons. The molecule has 1 aliphatic rings. The summed E-state index contributed by atoms with van der Waals surface area (Å²) in [4.78, 5) is 13.2. The number of halogens is 2. The van der Waals surface area contributed by atoms with Gasteiger partial charge >= 0.3 is 0 Å². The summed E-state index contributed by atoms with van der Waals surface area (Å²) >= 11 is 7.10. The number of hydrogen-bond acceptors (Lipinski definition) is 2. The molecule has 1 atom stereocenters. The van der Waals surface area contributed by atoms with Crippen molar-refractivity contribution in [1.29, 1.82) is 0 Å². The van der Waals surface area contributed by atoms with E-state index in [1.54, 1.807) is 34.9 Å². The number of hydrogen-bond donors (Lipinski definition) is 0. The highest BCUT2D eigenvalue weighted by Gasteiger charge is 2.31. The molecule has 1 heterocycles. The zero-order chi connectivity index (χ0) is 11.5. The second kappa shape index (κ2) is 5.06. The Morgan fingerprint density at radius 2 is 2.31 bits per heavy atom. The summed E-state index contributed by atoms with van der Waals surface area (Å²) in [6.45, 7) is 0.634. The number of rotatable bonds is 2. The van der Waals surface area contributed by atoms with Crippen molar-refractivity contribution in [1.82, 2.24) is 4.90 Å². The van der Waals surface area contributed by atoms with Crippen LogP contribution < -0.4 is 0 Å². The molecule has 16 heavy (non-hydrogen) atoms. The first-order valence-corrected chi connectivity index (χ1v) is 6.54. The van der Waals surface area contributed by atoms with Gasteiger partial charge < -0.3 is 4.90 Å². The highest BCUT2D eigenvalue weighted by molar-refractivity contribution is 7.99. The van der Waals surface area contributed by atoms with Gasteiger partial charge in [0.2, 0.25) is 5.91 Å². The number of nitrogens with zero attached hydrogens (tertiary/aromatic N) is 1. The van der Waals surface area contributed by atoms with Gasteiger partial charge in [0.1, 0.15) is 17.1 Å². The Balaban J connectivity index is 2.27.